The maximum atomic E-state index is 12.8. The second-order valence-electron chi connectivity index (χ2n) is 2.87. The van der Waals surface area contributed by atoms with Crippen LogP contribution in [0.4, 0.5) is 4.39 Å². The first kappa shape index (κ1) is 14.3. The summed E-state index contributed by atoms with van der Waals surface area (Å²) in [5, 5.41) is 8.52. The lowest BCUT2D eigenvalue weighted by Gasteiger charge is -2.11. The molecule has 0 aliphatic heterocycles. The number of aliphatic carboxylic acids is 1. The highest BCUT2D eigenvalue weighted by Gasteiger charge is 2.14. The van der Waals surface area contributed by atoms with Crippen LogP contribution in [0.3, 0.4) is 0 Å². The normalized spacial score (nSPS) is 11.7. The zero-order valence-corrected chi connectivity index (χ0v) is 10.0. The van der Waals surface area contributed by atoms with Crippen LogP contribution in [0.25, 0.3) is 0 Å². The van der Waals surface area contributed by atoms with Crippen LogP contribution in [-0.4, -0.2) is 11.1 Å². The van der Waals surface area contributed by atoms with Gasteiger partial charge in [0.05, 0.1) is 6.42 Å². The van der Waals surface area contributed by atoms with E-state index in [0.29, 0.717) is 10.0 Å². The molecule has 0 aromatic heterocycles. The topological polar surface area (TPSA) is 63.3 Å². The van der Waals surface area contributed by atoms with Gasteiger partial charge in [-0.2, -0.15) is 0 Å². The van der Waals surface area contributed by atoms with Gasteiger partial charge in [-0.1, -0.05) is 15.9 Å². The van der Waals surface area contributed by atoms with Crippen molar-refractivity contribution < 1.29 is 14.3 Å². The van der Waals surface area contributed by atoms with E-state index >= 15 is 0 Å². The molecule has 0 bridgehead atoms. The minimum absolute atomic E-state index is 0. The summed E-state index contributed by atoms with van der Waals surface area (Å²) in [5.41, 5.74) is 6.05. The predicted molar refractivity (Wildman–Crippen MR) is 60.5 cm³/mol. The third kappa shape index (κ3) is 4.15. The SMILES string of the molecule is Cl.NC(CC(=O)O)c1cc(F)ccc1Br. The fourth-order valence-corrected chi connectivity index (χ4v) is 1.64. The molecule has 1 aromatic carbocycles. The van der Waals surface area contributed by atoms with Crippen LogP contribution in [-0.2, 0) is 4.79 Å². The standard InChI is InChI=1S/C9H9BrFNO2.ClH/c10-7-2-1-5(11)3-6(7)8(12)4-9(13)14;/h1-3,8H,4,12H2,(H,13,14);1H. The number of hydrogen-bond acceptors (Lipinski definition) is 2. The Labute approximate surface area is 101 Å². The molecule has 0 spiro atoms. The van der Waals surface area contributed by atoms with E-state index in [4.69, 9.17) is 10.8 Å². The zero-order chi connectivity index (χ0) is 10.7. The molecule has 1 aromatic rings. The van der Waals surface area contributed by atoms with Gasteiger partial charge in [-0.15, -0.1) is 12.4 Å². The van der Waals surface area contributed by atoms with E-state index in [2.05, 4.69) is 15.9 Å². The second-order valence-corrected chi connectivity index (χ2v) is 3.72. The Bertz CT molecular complexity index is 362. The summed E-state index contributed by atoms with van der Waals surface area (Å²) in [6, 6.07) is 3.32. The van der Waals surface area contributed by atoms with Crippen LogP contribution in [0.1, 0.15) is 18.0 Å². The first-order chi connectivity index (χ1) is 6.50. The van der Waals surface area contributed by atoms with E-state index in [9.17, 15) is 9.18 Å². The average molecular weight is 299 g/mol. The molecule has 3 nitrogen and oxygen atoms in total. The van der Waals surface area contributed by atoms with Crippen molar-refractivity contribution in [3.8, 4) is 0 Å². The van der Waals surface area contributed by atoms with E-state index in [0.717, 1.165) is 0 Å². The molecule has 0 saturated heterocycles. The Morgan fingerprint density at radius 1 is 1.60 bits per heavy atom. The Morgan fingerprint density at radius 2 is 2.20 bits per heavy atom. The molecule has 6 heteroatoms. The molecule has 1 rings (SSSR count). The highest BCUT2D eigenvalue weighted by Crippen LogP contribution is 2.24. The maximum absolute atomic E-state index is 12.8. The second kappa shape index (κ2) is 6.05. The number of carboxylic acids is 1. The summed E-state index contributed by atoms with van der Waals surface area (Å²) in [7, 11) is 0. The lowest BCUT2D eigenvalue weighted by molar-refractivity contribution is -0.137. The third-order valence-electron chi connectivity index (χ3n) is 1.75. The van der Waals surface area contributed by atoms with Gasteiger partial charge in [0.2, 0.25) is 0 Å². The van der Waals surface area contributed by atoms with E-state index in [1.807, 2.05) is 0 Å². The van der Waals surface area contributed by atoms with Crippen LogP contribution in [0.5, 0.6) is 0 Å². The van der Waals surface area contributed by atoms with Crippen molar-refractivity contribution in [3.05, 3.63) is 34.1 Å². The van der Waals surface area contributed by atoms with Gasteiger partial charge in [-0.05, 0) is 23.8 Å². The maximum Gasteiger partial charge on any atom is 0.305 e. The molecule has 0 amide bonds. The fraction of sp³-hybridized carbons (Fsp3) is 0.222. The number of rotatable bonds is 3. The quantitative estimate of drug-likeness (QED) is 0.901. The lowest BCUT2D eigenvalue weighted by Crippen LogP contribution is -2.15. The average Bonchev–Trinajstić information content (AvgIpc) is 2.08. The van der Waals surface area contributed by atoms with Gasteiger partial charge in [0.1, 0.15) is 5.82 Å². The number of halogens is 3. The summed E-state index contributed by atoms with van der Waals surface area (Å²) < 4.78 is 13.4. The van der Waals surface area contributed by atoms with E-state index in [1.165, 1.54) is 18.2 Å². The van der Waals surface area contributed by atoms with Gasteiger partial charge >= 0.3 is 5.97 Å². The zero-order valence-electron chi connectivity index (χ0n) is 7.61. The van der Waals surface area contributed by atoms with Crippen molar-refractivity contribution in [3.63, 3.8) is 0 Å². The molecule has 0 saturated carbocycles. The Balaban J connectivity index is 0.00000196. The number of hydrogen-bond donors (Lipinski definition) is 2. The molecule has 0 fully saturated rings. The van der Waals surface area contributed by atoms with E-state index in [1.54, 1.807) is 0 Å². The van der Waals surface area contributed by atoms with Crippen molar-refractivity contribution in [2.45, 2.75) is 12.5 Å². The van der Waals surface area contributed by atoms with Crippen molar-refractivity contribution in [1.29, 1.82) is 0 Å². The highest BCUT2D eigenvalue weighted by atomic mass is 79.9. The largest absolute Gasteiger partial charge is 0.481 e. The van der Waals surface area contributed by atoms with Crippen LogP contribution >= 0.6 is 28.3 Å². The van der Waals surface area contributed by atoms with Gasteiger partial charge in [0.15, 0.2) is 0 Å². The Morgan fingerprint density at radius 3 is 2.73 bits per heavy atom. The summed E-state index contributed by atoms with van der Waals surface area (Å²) in [5.74, 6) is -1.43. The molecule has 0 aliphatic rings. The number of benzene rings is 1. The van der Waals surface area contributed by atoms with Gasteiger partial charge in [-0.3, -0.25) is 4.79 Å². The molecule has 0 heterocycles. The molecule has 84 valence electrons. The minimum Gasteiger partial charge on any atom is -0.481 e. The summed E-state index contributed by atoms with van der Waals surface area (Å²) in [4.78, 5) is 10.4. The monoisotopic (exact) mass is 297 g/mol. The van der Waals surface area contributed by atoms with Crippen molar-refractivity contribution >= 4 is 34.3 Å². The molecule has 1 atom stereocenters. The molecular formula is C9H10BrClFNO2. The van der Waals surface area contributed by atoms with E-state index < -0.39 is 17.8 Å². The number of nitrogens with two attached hydrogens (primary N) is 1. The molecule has 0 radical (unpaired) electrons. The van der Waals surface area contributed by atoms with Crippen LogP contribution in [0.15, 0.2) is 22.7 Å². The Kier molecular flexibility index (Phi) is 5.79. The molecular weight excluding hydrogens is 288 g/mol. The summed E-state index contributed by atoms with van der Waals surface area (Å²) >= 11 is 3.18. The molecule has 0 aliphatic carbocycles. The first-order valence-corrected chi connectivity index (χ1v) is 4.72. The van der Waals surface area contributed by atoms with E-state index in [-0.39, 0.29) is 18.8 Å². The third-order valence-corrected chi connectivity index (χ3v) is 2.47. The summed E-state index contributed by atoms with van der Waals surface area (Å²) in [6.07, 6.45) is -0.220. The van der Waals surface area contributed by atoms with Gasteiger partial charge in [0, 0.05) is 10.5 Å². The van der Waals surface area contributed by atoms with Gasteiger partial charge in [-0.25, -0.2) is 4.39 Å². The van der Waals surface area contributed by atoms with Crippen molar-refractivity contribution in [2.75, 3.05) is 0 Å². The first-order valence-electron chi connectivity index (χ1n) is 3.93. The van der Waals surface area contributed by atoms with Gasteiger partial charge in [0.25, 0.3) is 0 Å². The Hall–Kier alpha value is -0.650. The minimum atomic E-state index is -1.01. The molecule has 1 unspecified atom stereocenters. The predicted octanol–water partition coefficient (Wildman–Crippen LogP) is 2.48. The van der Waals surface area contributed by atoms with Crippen LogP contribution in [0, 0.1) is 5.82 Å². The number of carboxylic acid groups (broad SMARTS) is 1. The van der Waals surface area contributed by atoms with Crippen molar-refractivity contribution in [2.24, 2.45) is 5.73 Å². The van der Waals surface area contributed by atoms with Crippen molar-refractivity contribution in [1.82, 2.24) is 0 Å². The number of carbonyl (C=O) groups is 1. The van der Waals surface area contributed by atoms with Crippen LogP contribution < -0.4 is 5.73 Å². The van der Waals surface area contributed by atoms with Gasteiger partial charge < -0.3 is 10.8 Å². The van der Waals surface area contributed by atoms with Crippen LogP contribution in [0.2, 0.25) is 0 Å². The lowest BCUT2D eigenvalue weighted by atomic mass is 10.1. The fourth-order valence-electron chi connectivity index (χ4n) is 1.10. The molecule has 3 N–H and O–H groups in total. The smallest absolute Gasteiger partial charge is 0.305 e. The summed E-state index contributed by atoms with van der Waals surface area (Å²) in [6.45, 7) is 0. The molecule has 15 heavy (non-hydrogen) atoms. The highest BCUT2D eigenvalue weighted by molar-refractivity contribution is 9.10.